The number of carbonyl (C=O) groups excluding carboxylic acids is 1. The Balaban J connectivity index is 1.65. The highest BCUT2D eigenvalue weighted by molar-refractivity contribution is 5.93. The summed E-state index contributed by atoms with van der Waals surface area (Å²) >= 11 is 0. The van der Waals surface area contributed by atoms with Crippen molar-refractivity contribution in [3.8, 4) is 0 Å². The largest absolute Gasteiger partial charge is 0.325 e. The lowest BCUT2D eigenvalue weighted by Gasteiger charge is -2.19. The second-order valence-electron chi connectivity index (χ2n) is 5.35. The molecule has 1 aromatic carbocycles. The summed E-state index contributed by atoms with van der Waals surface area (Å²) in [6, 6.07) is 6.85. The quantitative estimate of drug-likeness (QED) is 0.853. The Labute approximate surface area is 108 Å². The summed E-state index contributed by atoms with van der Waals surface area (Å²) in [6.45, 7) is 0.439. The topological polar surface area (TPSA) is 41.1 Å². The van der Waals surface area contributed by atoms with Gasteiger partial charge >= 0.3 is 0 Å². The van der Waals surface area contributed by atoms with Crippen molar-refractivity contribution in [2.75, 3.05) is 11.9 Å². The van der Waals surface area contributed by atoms with Crippen LogP contribution in [0.15, 0.2) is 18.2 Å². The zero-order chi connectivity index (χ0) is 12.4. The van der Waals surface area contributed by atoms with E-state index >= 15 is 0 Å². The monoisotopic (exact) mass is 244 g/mol. The van der Waals surface area contributed by atoms with Gasteiger partial charge in [-0.1, -0.05) is 12.1 Å². The first-order valence-corrected chi connectivity index (χ1v) is 6.97. The maximum atomic E-state index is 11.9. The second kappa shape index (κ2) is 5.11. The molecule has 1 aromatic rings. The van der Waals surface area contributed by atoms with E-state index in [1.807, 2.05) is 12.1 Å². The van der Waals surface area contributed by atoms with Crippen molar-refractivity contribution in [3.05, 3.63) is 29.3 Å². The van der Waals surface area contributed by atoms with Crippen molar-refractivity contribution in [2.24, 2.45) is 0 Å². The molecule has 0 aliphatic heterocycles. The minimum Gasteiger partial charge on any atom is -0.325 e. The van der Waals surface area contributed by atoms with Crippen LogP contribution in [0.25, 0.3) is 0 Å². The van der Waals surface area contributed by atoms with Gasteiger partial charge in [0.1, 0.15) is 0 Å². The first kappa shape index (κ1) is 11.7. The third-order valence-corrected chi connectivity index (χ3v) is 3.80. The molecule has 0 spiro atoms. The highest BCUT2D eigenvalue weighted by Crippen LogP contribution is 2.27. The number of aryl methyl sites for hydroxylation is 1. The van der Waals surface area contributed by atoms with E-state index in [9.17, 15) is 4.79 Å². The van der Waals surface area contributed by atoms with Gasteiger partial charge in [0.25, 0.3) is 0 Å². The molecule has 0 bridgehead atoms. The van der Waals surface area contributed by atoms with Gasteiger partial charge in [0.15, 0.2) is 0 Å². The average Bonchev–Trinajstić information content (AvgIpc) is 3.21. The summed E-state index contributed by atoms with van der Waals surface area (Å²) in [5, 5.41) is 6.30. The molecule has 1 fully saturated rings. The highest BCUT2D eigenvalue weighted by Gasteiger charge is 2.21. The van der Waals surface area contributed by atoms with E-state index in [0.717, 1.165) is 18.5 Å². The lowest BCUT2D eigenvalue weighted by molar-refractivity contribution is -0.115. The lowest BCUT2D eigenvalue weighted by atomic mass is 9.90. The highest BCUT2D eigenvalue weighted by atomic mass is 16.1. The maximum absolute atomic E-state index is 11.9. The number of anilines is 1. The van der Waals surface area contributed by atoms with E-state index in [0.29, 0.717) is 12.6 Å². The van der Waals surface area contributed by atoms with Crippen LogP contribution >= 0.6 is 0 Å². The molecule has 0 saturated heterocycles. The fraction of sp³-hybridized carbons (Fsp3) is 0.533. The number of carbonyl (C=O) groups is 1. The van der Waals surface area contributed by atoms with Crippen molar-refractivity contribution < 1.29 is 4.79 Å². The maximum Gasteiger partial charge on any atom is 0.238 e. The third-order valence-electron chi connectivity index (χ3n) is 3.80. The molecule has 3 heteroatoms. The molecule has 96 valence electrons. The molecule has 2 N–H and O–H groups in total. The van der Waals surface area contributed by atoms with Gasteiger partial charge in [-0.25, -0.2) is 0 Å². The predicted molar refractivity (Wildman–Crippen MR) is 72.7 cm³/mol. The van der Waals surface area contributed by atoms with Gasteiger partial charge in [-0.15, -0.1) is 0 Å². The Morgan fingerprint density at radius 3 is 2.89 bits per heavy atom. The molecule has 2 aliphatic rings. The van der Waals surface area contributed by atoms with Crippen LogP contribution in [0, 0.1) is 0 Å². The standard InChI is InChI=1S/C15H20N2O/c18-15(10-16-12-8-9-12)17-14-7-3-5-11-4-1-2-6-13(11)14/h3,5,7,12,16H,1-2,4,6,8-10H2,(H,17,18). The summed E-state index contributed by atoms with van der Waals surface area (Å²) in [5.74, 6) is 0.0841. The van der Waals surface area contributed by atoms with Crippen molar-refractivity contribution in [2.45, 2.75) is 44.6 Å². The Hall–Kier alpha value is -1.35. The SMILES string of the molecule is O=C(CNC1CC1)Nc1cccc2c1CCCC2. The summed E-state index contributed by atoms with van der Waals surface area (Å²) in [5.41, 5.74) is 3.78. The normalized spacial score (nSPS) is 18.2. The molecule has 0 aromatic heterocycles. The number of hydrogen-bond donors (Lipinski definition) is 2. The molecule has 1 amide bonds. The minimum absolute atomic E-state index is 0.0841. The molecule has 3 nitrogen and oxygen atoms in total. The van der Waals surface area contributed by atoms with E-state index in [4.69, 9.17) is 0 Å². The van der Waals surface area contributed by atoms with Crippen LogP contribution in [-0.4, -0.2) is 18.5 Å². The second-order valence-corrected chi connectivity index (χ2v) is 5.35. The first-order valence-electron chi connectivity index (χ1n) is 6.97. The Kier molecular flexibility index (Phi) is 3.33. The Morgan fingerprint density at radius 2 is 2.06 bits per heavy atom. The van der Waals surface area contributed by atoms with Gasteiger partial charge in [0.2, 0.25) is 5.91 Å². The van der Waals surface area contributed by atoms with E-state index in [2.05, 4.69) is 16.7 Å². The third kappa shape index (κ3) is 2.72. The zero-order valence-corrected chi connectivity index (χ0v) is 10.7. The van der Waals surface area contributed by atoms with Crippen LogP contribution in [0.1, 0.15) is 36.8 Å². The molecule has 0 radical (unpaired) electrons. The smallest absolute Gasteiger partial charge is 0.238 e. The summed E-state index contributed by atoms with van der Waals surface area (Å²) in [7, 11) is 0. The molecule has 18 heavy (non-hydrogen) atoms. The fourth-order valence-electron chi connectivity index (χ4n) is 2.62. The van der Waals surface area contributed by atoms with Crippen LogP contribution in [0.2, 0.25) is 0 Å². The van der Waals surface area contributed by atoms with Gasteiger partial charge in [-0.2, -0.15) is 0 Å². The van der Waals surface area contributed by atoms with Crippen LogP contribution in [0.4, 0.5) is 5.69 Å². The van der Waals surface area contributed by atoms with Gasteiger partial charge in [-0.3, -0.25) is 4.79 Å². The molecular formula is C15H20N2O. The Bertz CT molecular complexity index is 452. The summed E-state index contributed by atoms with van der Waals surface area (Å²) < 4.78 is 0. The van der Waals surface area contributed by atoms with Crippen molar-refractivity contribution in [1.82, 2.24) is 5.32 Å². The van der Waals surface area contributed by atoms with Crippen LogP contribution < -0.4 is 10.6 Å². The summed E-state index contributed by atoms with van der Waals surface area (Å²) in [4.78, 5) is 11.9. The molecule has 1 saturated carbocycles. The van der Waals surface area contributed by atoms with E-state index < -0.39 is 0 Å². The van der Waals surface area contributed by atoms with Gasteiger partial charge in [-0.05, 0) is 55.7 Å². The minimum atomic E-state index is 0.0841. The van der Waals surface area contributed by atoms with E-state index in [1.165, 1.54) is 36.8 Å². The number of nitrogens with one attached hydrogen (secondary N) is 2. The van der Waals surface area contributed by atoms with E-state index in [-0.39, 0.29) is 5.91 Å². The molecular weight excluding hydrogens is 224 g/mol. The number of hydrogen-bond acceptors (Lipinski definition) is 2. The number of fused-ring (bicyclic) bond motifs is 1. The van der Waals surface area contributed by atoms with Crippen LogP contribution in [0.3, 0.4) is 0 Å². The van der Waals surface area contributed by atoms with Crippen molar-refractivity contribution in [3.63, 3.8) is 0 Å². The van der Waals surface area contributed by atoms with Gasteiger partial charge < -0.3 is 10.6 Å². The fourth-order valence-corrected chi connectivity index (χ4v) is 2.62. The van der Waals surface area contributed by atoms with Crippen molar-refractivity contribution >= 4 is 11.6 Å². The zero-order valence-electron chi connectivity index (χ0n) is 10.7. The van der Waals surface area contributed by atoms with Gasteiger partial charge in [0.05, 0.1) is 6.54 Å². The number of benzene rings is 1. The van der Waals surface area contributed by atoms with Gasteiger partial charge in [0, 0.05) is 11.7 Å². The number of rotatable bonds is 4. The lowest BCUT2D eigenvalue weighted by Crippen LogP contribution is -2.30. The molecule has 0 atom stereocenters. The van der Waals surface area contributed by atoms with Crippen molar-refractivity contribution in [1.29, 1.82) is 0 Å². The number of amides is 1. The van der Waals surface area contributed by atoms with Crippen LogP contribution in [0.5, 0.6) is 0 Å². The predicted octanol–water partition coefficient (Wildman–Crippen LogP) is 2.26. The molecule has 0 heterocycles. The Morgan fingerprint density at radius 1 is 1.22 bits per heavy atom. The summed E-state index contributed by atoms with van der Waals surface area (Å²) in [6.07, 6.45) is 7.19. The van der Waals surface area contributed by atoms with E-state index in [1.54, 1.807) is 0 Å². The molecule has 0 unspecified atom stereocenters. The molecule has 3 rings (SSSR count). The first-order chi connectivity index (χ1) is 8.83. The van der Waals surface area contributed by atoms with Crippen LogP contribution in [-0.2, 0) is 17.6 Å². The molecule has 2 aliphatic carbocycles. The average molecular weight is 244 g/mol.